The highest BCUT2D eigenvalue weighted by Crippen LogP contribution is 2.27. The number of carbonyl (C=O) groups excluding carboxylic acids is 2. The normalized spacial score (nSPS) is 10.9. The molecule has 0 aliphatic heterocycles. The van der Waals surface area contributed by atoms with Gasteiger partial charge in [0.25, 0.3) is 5.91 Å². The van der Waals surface area contributed by atoms with Crippen LogP contribution in [-0.2, 0) is 14.9 Å². The second kappa shape index (κ2) is 11.6. The molecule has 0 spiro atoms. The maximum Gasteiger partial charge on any atom is 0.422 e. The van der Waals surface area contributed by atoms with Gasteiger partial charge in [-0.3, -0.25) is 9.52 Å². The molecule has 32 heavy (non-hydrogen) atoms. The van der Waals surface area contributed by atoms with Crippen molar-refractivity contribution in [2.24, 2.45) is 0 Å². The molecule has 0 saturated carbocycles. The summed E-state index contributed by atoms with van der Waals surface area (Å²) in [6.07, 6.45) is -0.687. The van der Waals surface area contributed by atoms with Crippen molar-refractivity contribution in [3.05, 3.63) is 53.6 Å². The number of alkyl halides is 1. The lowest BCUT2D eigenvalue weighted by molar-refractivity contribution is 0.102. The number of benzene rings is 2. The summed E-state index contributed by atoms with van der Waals surface area (Å²) in [6.45, 7) is 1.87. The van der Waals surface area contributed by atoms with E-state index >= 15 is 0 Å². The van der Waals surface area contributed by atoms with E-state index in [1.54, 1.807) is 11.6 Å². The van der Waals surface area contributed by atoms with Gasteiger partial charge < -0.3 is 14.8 Å². The smallest absolute Gasteiger partial charge is 0.422 e. The van der Waals surface area contributed by atoms with Crippen molar-refractivity contribution < 1.29 is 36.3 Å². The fourth-order valence-corrected chi connectivity index (χ4v) is 3.35. The lowest BCUT2D eigenvalue weighted by atomic mass is 10.1. The molecular weight excluding hydrogens is 516 g/mol. The molecule has 0 aliphatic carbocycles. The number of hydrogen-bond donors (Lipinski definition) is 3. The monoisotopic (exact) mass is 535 g/mol. The minimum absolute atomic E-state index is 0.00203. The van der Waals surface area contributed by atoms with Gasteiger partial charge in [-0.1, -0.05) is 15.9 Å². The van der Waals surface area contributed by atoms with Crippen LogP contribution >= 0.6 is 15.9 Å². The molecule has 0 unspecified atom stereocenters. The van der Waals surface area contributed by atoms with Crippen molar-refractivity contribution in [2.45, 2.75) is 13.3 Å². The first kappa shape index (κ1) is 25.3. The number of ether oxygens (including phenoxy) is 2. The Morgan fingerprint density at radius 2 is 1.84 bits per heavy atom. The fraction of sp³-hybridized carbons (Fsp3) is 0.263. The van der Waals surface area contributed by atoms with Crippen molar-refractivity contribution >= 4 is 49.5 Å². The number of rotatable bonds is 10. The van der Waals surface area contributed by atoms with Crippen molar-refractivity contribution in [3.8, 4) is 5.75 Å². The van der Waals surface area contributed by atoms with E-state index < -0.39 is 33.8 Å². The second-order valence-electron chi connectivity index (χ2n) is 6.11. The van der Waals surface area contributed by atoms with E-state index in [2.05, 4.69) is 26.0 Å². The molecule has 13 heteroatoms. The highest BCUT2D eigenvalue weighted by molar-refractivity contribution is 9.09. The highest BCUT2D eigenvalue weighted by Gasteiger charge is 2.19. The molecule has 174 valence electrons. The second-order valence-corrected chi connectivity index (χ2v) is 8.32. The third-order valence-electron chi connectivity index (χ3n) is 3.69. The number of amides is 2. The molecule has 0 bridgehead atoms. The Bertz CT molecular complexity index is 1080. The van der Waals surface area contributed by atoms with Gasteiger partial charge in [0.05, 0.1) is 18.9 Å². The standard InChI is InChI=1S/C19H20BrF2N3O6S/c1-2-30-17-7-4-12(18(26)23-13-5-6-14(21)15(22)11-13)10-16(17)24-32(28,29)25-19(27)31-9-3-8-20/h4-7,10-11,24H,2-3,8-9H2,1H3,(H,23,26)(H,25,27). The highest BCUT2D eigenvalue weighted by atomic mass is 79.9. The Hall–Kier alpha value is -2.93. The van der Waals surface area contributed by atoms with Crippen LogP contribution in [0.25, 0.3) is 0 Å². The summed E-state index contributed by atoms with van der Waals surface area (Å²) < 4.78 is 64.8. The maximum absolute atomic E-state index is 13.4. The first-order valence-corrected chi connectivity index (χ1v) is 11.8. The van der Waals surface area contributed by atoms with Crippen molar-refractivity contribution in [1.82, 2.24) is 4.72 Å². The van der Waals surface area contributed by atoms with Crippen molar-refractivity contribution in [2.75, 3.05) is 28.6 Å². The van der Waals surface area contributed by atoms with Gasteiger partial charge in [-0.2, -0.15) is 8.42 Å². The zero-order valence-corrected chi connectivity index (χ0v) is 19.2. The molecular formula is C19H20BrF2N3O6S. The minimum Gasteiger partial charge on any atom is -0.492 e. The third kappa shape index (κ3) is 7.64. The maximum atomic E-state index is 13.4. The molecule has 9 nitrogen and oxygen atoms in total. The summed E-state index contributed by atoms with van der Waals surface area (Å²) in [7, 11) is -4.41. The van der Waals surface area contributed by atoms with Gasteiger partial charge >= 0.3 is 16.3 Å². The molecule has 2 rings (SSSR count). The predicted molar refractivity (Wildman–Crippen MR) is 117 cm³/mol. The Balaban J connectivity index is 2.20. The van der Waals surface area contributed by atoms with Crippen LogP contribution in [0.3, 0.4) is 0 Å². The van der Waals surface area contributed by atoms with Gasteiger partial charge in [0.2, 0.25) is 0 Å². The Morgan fingerprint density at radius 1 is 1.09 bits per heavy atom. The van der Waals surface area contributed by atoms with Gasteiger partial charge in [0, 0.05) is 22.6 Å². The molecule has 2 aromatic rings. The van der Waals surface area contributed by atoms with E-state index in [4.69, 9.17) is 9.47 Å². The van der Waals surface area contributed by atoms with Crippen LogP contribution < -0.4 is 19.5 Å². The molecule has 0 saturated heterocycles. The van der Waals surface area contributed by atoms with Gasteiger partial charge in [0.15, 0.2) is 11.6 Å². The SMILES string of the molecule is CCOc1ccc(C(=O)Nc2ccc(F)c(F)c2)cc1NS(=O)(=O)NC(=O)OCCCBr. The lowest BCUT2D eigenvalue weighted by Gasteiger charge is -2.15. The van der Waals surface area contributed by atoms with Crippen LogP contribution in [0.1, 0.15) is 23.7 Å². The molecule has 2 amide bonds. The molecule has 0 fully saturated rings. The molecule has 0 heterocycles. The average Bonchev–Trinajstić information content (AvgIpc) is 2.71. The van der Waals surface area contributed by atoms with Gasteiger partial charge in [-0.15, -0.1) is 0 Å². The van der Waals surface area contributed by atoms with E-state index in [0.717, 1.165) is 18.2 Å². The first-order valence-electron chi connectivity index (χ1n) is 9.21. The number of halogens is 3. The number of nitrogens with one attached hydrogen (secondary N) is 3. The number of anilines is 2. The summed E-state index contributed by atoms with van der Waals surface area (Å²) in [5.41, 5.74) is -0.154. The molecule has 3 N–H and O–H groups in total. The van der Waals surface area contributed by atoms with E-state index in [0.29, 0.717) is 11.8 Å². The third-order valence-corrected chi connectivity index (χ3v) is 5.18. The average molecular weight is 536 g/mol. The summed E-state index contributed by atoms with van der Waals surface area (Å²) in [5, 5.41) is 2.94. The van der Waals surface area contributed by atoms with E-state index in [-0.39, 0.29) is 35.9 Å². The lowest BCUT2D eigenvalue weighted by Crippen LogP contribution is -2.36. The number of carbonyl (C=O) groups is 2. The minimum atomic E-state index is -4.41. The topological polar surface area (TPSA) is 123 Å². The fourth-order valence-electron chi connectivity index (χ4n) is 2.34. The van der Waals surface area contributed by atoms with Gasteiger partial charge in [-0.05, 0) is 43.7 Å². The molecule has 0 atom stereocenters. The predicted octanol–water partition coefficient (Wildman–Crippen LogP) is 3.78. The quantitative estimate of drug-likeness (QED) is 0.314. The zero-order chi connectivity index (χ0) is 23.7. The molecule has 0 aromatic heterocycles. The Morgan fingerprint density at radius 3 is 2.50 bits per heavy atom. The Kier molecular flexibility index (Phi) is 9.20. The summed E-state index contributed by atoms with van der Waals surface area (Å²) in [5.74, 6) is -2.84. The van der Waals surface area contributed by atoms with Crippen LogP contribution in [0.5, 0.6) is 5.75 Å². The first-order chi connectivity index (χ1) is 15.1. The zero-order valence-electron chi connectivity index (χ0n) is 16.8. The van der Waals surface area contributed by atoms with Crippen LogP contribution in [-0.4, -0.2) is 39.0 Å². The van der Waals surface area contributed by atoms with Crippen LogP contribution in [0.4, 0.5) is 25.0 Å². The van der Waals surface area contributed by atoms with E-state index in [9.17, 15) is 26.8 Å². The van der Waals surface area contributed by atoms with Crippen LogP contribution in [0.15, 0.2) is 36.4 Å². The Labute approximate surface area is 191 Å². The van der Waals surface area contributed by atoms with Gasteiger partial charge in [-0.25, -0.2) is 18.3 Å². The summed E-state index contributed by atoms with van der Waals surface area (Å²) in [4.78, 5) is 24.1. The van der Waals surface area contributed by atoms with E-state index in [1.165, 1.54) is 18.2 Å². The summed E-state index contributed by atoms with van der Waals surface area (Å²) in [6, 6.07) is 6.67. The van der Waals surface area contributed by atoms with E-state index in [1.807, 2.05) is 0 Å². The summed E-state index contributed by atoms with van der Waals surface area (Å²) >= 11 is 3.15. The van der Waals surface area contributed by atoms with Gasteiger partial charge in [0.1, 0.15) is 5.75 Å². The largest absolute Gasteiger partial charge is 0.492 e. The molecule has 0 aliphatic rings. The number of hydrogen-bond acceptors (Lipinski definition) is 6. The van der Waals surface area contributed by atoms with Crippen molar-refractivity contribution in [3.63, 3.8) is 0 Å². The van der Waals surface area contributed by atoms with Crippen molar-refractivity contribution in [1.29, 1.82) is 0 Å². The van der Waals surface area contributed by atoms with Crippen LogP contribution in [0.2, 0.25) is 0 Å². The molecule has 0 radical (unpaired) electrons. The molecule has 2 aromatic carbocycles. The van der Waals surface area contributed by atoms with Crippen LogP contribution in [0, 0.1) is 11.6 Å².